The van der Waals surface area contributed by atoms with Crippen LogP contribution in [-0.4, -0.2) is 23.8 Å². The highest BCUT2D eigenvalue weighted by Crippen LogP contribution is 2.45. The molecule has 2 atom stereocenters. The predicted molar refractivity (Wildman–Crippen MR) is 71.4 cm³/mol. The molecular weight excluding hydrogens is 271 g/mol. The summed E-state index contributed by atoms with van der Waals surface area (Å²) in [5.74, 6) is -0.669. The summed E-state index contributed by atoms with van der Waals surface area (Å²) in [4.78, 5) is 20.7. The average molecular weight is 294 g/mol. The van der Waals surface area contributed by atoms with E-state index in [1.807, 2.05) is 6.92 Å². The number of esters is 1. The van der Waals surface area contributed by atoms with Gasteiger partial charge < -0.3 is 9.63 Å². The van der Waals surface area contributed by atoms with Crippen LogP contribution in [0.1, 0.15) is 46.5 Å². The summed E-state index contributed by atoms with van der Waals surface area (Å²) in [6, 6.07) is 0. The smallest absolute Gasteiger partial charge is 0.432 e. The van der Waals surface area contributed by atoms with Gasteiger partial charge in [-0.25, -0.2) is 13.9 Å². The van der Waals surface area contributed by atoms with Gasteiger partial charge in [-0.1, -0.05) is 33.3 Å². The van der Waals surface area contributed by atoms with E-state index in [-0.39, 0.29) is 18.6 Å². The van der Waals surface area contributed by atoms with Gasteiger partial charge in [-0.3, -0.25) is 4.52 Å². The van der Waals surface area contributed by atoms with E-state index < -0.39 is 20.1 Å². The molecule has 0 aliphatic rings. The summed E-state index contributed by atoms with van der Waals surface area (Å²) < 4.78 is 26.0. The summed E-state index contributed by atoms with van der Waals surface area (Å²) in [6.07, 6.45) is 1.68. The molecule has 7 heteroatoms. The van der Waals surface area contributed by atoms with Crippen LogP contribution in [0.4, 0.5) is 0 Å². The Morgan fingerprint density at radius 2 is 2.00 bits per heavy atom. The second kappa shape index (κ2) is 9.26. The van der Waals surface area contributed by atoms with Crippen molar-refractivity contribution >= 4 is 13.8 Å². The SMILES string of the molecule is C=C(C)C(=O)OC(CC)OP(=O)(O)OCCCCC. The molecule has 0 spiro atoms. The van der Waals surface area contributed by atoms with Gasteiger partial charge >= 0.3 is 13.8 Å². The van der Waals surface area contributed by atoms with Crippen LogP contribution in [0.25, 0.3) is 0 Å². The normalized spacial score (nSPS) is 15.6. The quantitative estimate of drug-likeness (QED) is 0.219. The second-order valence-corrected chi connectivity index (χ2v) is 5.54. The molecule has 0 saturated carbocycles. The Bertz CT molecular complexity index is 341. The first kappa shape index (κ1) is 18.3. The molecule has 0 aliphatic carbocycles. The number of unbranched alkanes of at least 4 members (excludes halogenated alkanes) is 2. The zero-order valence-electron chi connectivity index (χ0n) is 11.8. The number of carbonyl (C=O) groups excluding carboxylic acids is 1. The molecule has 0 radical (unpaired) electrons. The molecule has 0 aromatic heterocycles. The van der Waals surface area contributed by atoms with Crippen LogP contribution in [0, 0.1) is 0 Å². The van der Waals surface area contributed by atoms with Crippen molar-refractivity contribution in [1.29, 1.82) is 0 Å². The fourth-order valence-electron chi connectivity index (χ4n) is 1.11. The third kappa shape index (κ3) is 8.94. The van der Waals surface area contributed by atoms with E-state index in [2.05, 4.69) is 6.58 Å². The molecule has 0 aliphatic heterocycles. The van der Waals surface area contributed by atoms with Gasteiger partial charge in [0.05, 0.1) is 6.61 Å². The lowest BCUT2D eigenvalue weighted by Crippen LogP contribution is -2.20. The third-order valence-corrected chi connectivity index (χ3v) is 3.18. The first-order chi connectivity index (χ1) is 8.82. The van der Waals surface area contributed by atoms with Crippen molar-refractivity contribution in [3.05, 3.63) is 12.2 Å². The Hall–Kier alpha value is -0.680. The zero-order valence-corrected chi connectivity index (χ0v) is 12.7. The van der Waals surface area contributed by atoms with Gasteiger partial charge in [-0.2, -0.15) is 0 Å². The maximum absolute atomic E-state index is 11.6. The van der Waals surface area contributed by atoms with Gasteiger partial charge in [0.2, 0.25) is 6.29 Å². The monoisotopic (exact) mass is 294 g/mol. The fourth-order valence-corrected chi connectivity index (χ4v) is 2.02. The molecule has 0 amide bonds. The summed E-state index contributed by atoms with van der Waals surface area (Å²) in [5.41, 5.74) is 0.193. The van der Waals surface area contributed by atoms with Gasteiger partial charge in [0.1, 0.15) is 0 Å². The lowest BCUT2D eigenvalue weighted by atomic mass is 10.3. The number of ether oxygens (including phenoxy) is 1. The number of phosphoric acid groups is 1. The van der Waals surface area contributed by atoms with E-state index >= 15 is 0 Å². The molecule has 0 aromatic rings. The Morgan fingerprint density at radius 1 is 1.37 bits per heavy atom. The van der Waals surface area contributed by atoms with Crippen molar-refractivity contribution in [2.24, 2.45) is 0 Å². The number of hydrogen-bond acceptors (Lipinski definition) is 5. The standard InChI is InChI=1S/C12H23O6P/c1-5-7-8-9-16-19(14,15)18-11(6-2)17-12(13)10(3)4/h11H,3,5-9H2,1-2,4H3,(H,14,15). The molecule has 2 unspecified atom stereocenters. The Balaban J connectivity index is 4.23. The summed E-state index contributed by atoms with van der Waals surface area (Å²) in [5, 5.41) is 0. The number of rotatable bonds is 10. The summed E-state index contributed by atoms with van der Waals surface area (Å²) in [7, 11) is -4.20. The lowest BCUT2D eigenvalue weighted by Gasteiger charge is -2.19. The Kier molecular flexibility index (Phi) is 8.93. The molecule has 0 heterocycles. The van der Waals surface area contributed by atoms with Gasteiger partial charge in [-0.05, 0) is 13.3 Å². The van der Waals surface area contributed by atoms with Crippen molar-refractivity contribution in [2.45, 2.75) is 52.7 Å². The van der Waals surface area contributed by atoms with E-state index in [1.54, 1.807) is 6.92 Å². The fraction of sp³-hybridized carbons (Fsp3) is 0.750. The van der Waals surface area contributed by atoms with Crippen LogP contribution in [0.3, 0.4) is 0 Å². The van der Waals surface area contributed by atoms with Gasteiger partial charge in [0, 0.05) is 12.0 Å². The molecule has 0 fully saturated rings. The molecule has 19 heavy (non-hydrogen) atoms. The molecule has 6 nitrogen and oxygen atoms in total. The molecule has 112 valence electrons. The molecule has 0 rings (SSSR count). The largest absolute Gasteiger partial charge is 0.475 e. The van der Waals surface area contributed by atoms with Crippen LogP contribution in [-0.2, 0) is 23.1 Å². The van der Waals surface area contributed by atoms with Gasteiger partial charge in [0.25, 0.3) is 0 Å². The van der Waals surface area contributed by atoms with E-state index in [0.29, 0.717) is 6.42 Å². The van der Waals surface area contributed by atoms with E-state index in [9.17, 15) is 14.3 Å². The zero-order chi connectivity index (χ0) is 14.9. The highest BCUT2D eigenvalue weighted by atomic mass is 31.2. The van der Waals surface area contributed by atoms with Crippen molar-refractivity contribution in [2.75, 3.05) is 6.61 Å². The Labute approximate surface area is 114 Å². The highest BCUT2D eigenvalue weighted by Gasteiger charge is 2.27. The van der Waals surface area contributed by atoms with Crippen LogP contribution in [0.5, 0.6) is 0 Å². The van der Waals surface area contributed by atoms with Gasteiger partial charge in [-0.15, -0.1) is 0 Å². The highest BCUT2D eigenvalue weighted by molar-refractivity contribution is 7.47. The average Bonchev–Trinajstić information content (AvgIpc) is 2.33. The molecule has 0 aromatic carbocycles. The first-order valence-electron chi connectivity index (χ1n) is 6.34. The van der Waals surface area contributed by atoms with Crippen molar-refractivity contribution in [1.82, 2.24) is 0 Å². The molecule has 0 saturated heterocycles. The van der Waals surface area contributed by atoms with E-state index in [1.165, 1.54) is 6.92 Å². The molecule has 1 N–H and O–H groups in total. The minimum Gasteiger partial charge on any atom is -0.432 e. The van der Waals surface area contributed by atoms with Crippen LogP contribution < -0.4 is 0 Å². The second-order valence-electron chi connectivity index (χ2n) is 4.14. The summed E-state index contributed by atoms with van der Waals surface area (Å²) in [6.45, 7) is 8.70. The maximum atomic E-state index is 11.6. The van der Waals surface area contributed by atoms with Crippen LogP contribution in [0.15, 0.2) is 12.2 Å². The summed E-state index contributed by atoms with van der Waals surface area (Å²) >= 11 is 0. The third-order valence-electron chi connectivity index (χ3n) is 2.17. The van der Waals surface area contributed by atoms with Crippen molar-refractivity contribution in [3.63, 3.8) is 0 Å². The molecule has 0 bridgehead atoms. The van der Waals surface area contributed by atoms with Crippen LogP contribution >= 0.6 is 7.82 Å². The number of phosphoric ester groups is 1. The van der Waals surface area contributed by atoms with Crippen LogP contribution in [0.2, 0.25) is 0 Å². The van der Waals surface area contributed by atoms with Crippen molar-refractivity contribution < 1.29 is 28.0 Å². The topological polar surface area (TPSA) is 82.1 Å². The molecular formula is C12H23O6P. The maximum Gasteiger partial charge on any atom is 0.475 e. The predicted octanol–water partition coefficient (Wildman–Crippen LogP) is 3.17. The Morgan fingerprint density at radius 3 is 2.47 bits per heavy atom. The number of hydrogen-bond donors (Lipinski definition) is 1. The minimum absolute atomic E-state index is 0.131. The van der Waals surface area contributed by atoms with Crippen molar-refractivity contribution in [3.8, 4) is 0 Å². The van der Waals surface area contributed by atoms with E-state index in [0.717, 1.165) is 12.8 Å². The van der Waals surface area contributed by atoms with E-state index in [4.69, 9.17) is 13.8 Å². The first-order valence-corrected chi connectivity index (χ1v) is 7.84. The number of carbonyl (C=O) groups is 1. The lowest BCUT2D eigenvalue weighted by molar-refractivity contribution is -0.161. The van der Waals surface area contributed by atoms with Gasteiger partial charge in [0.15, 0.2) is 0 Å². The minimum atomic E-state index is -4.20.